The van der Waals surface area contributed by atoms with E-state index in [2.05, 4.69) is 10.0 Å². The average Bonchev–Trinajstić information content (AvgIpc) is 2.64. The van der Waals surface area contributed by atoms with Crippen molar-refractivity contribution >= 4 is 15.9 Å². The predicted octanol–water partition coefficient (Wildman–Crippen LogP) is 2.32. The number of benzene rings is 1. The topological polar surface area (TPSA) is 95.5 Å². The second-order valence-electron chi connectivity index (χ2n) is 8.38. The third-order valence-corrected chi connectivity index (χ3v) is 6.60. The number of carbonyl (C=O) groups is 1. The molecule has 1 fully saturated rings. The van der Waals surface area contributed by atoms with Crippen molar-refractivity contribution in [1.82, 2.24) is 10.0 Å². The van der Waals surface area contributed by atoms with Crippen LogP contribution in [0.25, 0.3) is 0 Å². The zero-order valence-corrected chi connectivity index (χ0v) is 17.3. The summed E-state index contributed by atoms with van der Waals surface area (Å²) in [6, 6.07) is 5.40. The van der Waals surface area contributed by atoms with Crippen LogP contribution in [0.4, 0.5) is 0 Å². The summed E-state index contributed by atoms with van der Waals surface area (Å²) in [5.74, 6) is -0.0541. The van der Waals surface area contributed by atoms with Crippen molar-refractivity contribution in [3.05, 3.63) is 29.8 Å². The highest BCUT2D eigenvalue weighted by molar-refractivity contribution is 7.89. The summed E-state index contributed by atoms with van der Waals surface area (Å²) < 4.78 is 27.5. The van der Waals surface area contributed by atoms with Crippen LogP contribution in [0, 0.1) is 5.92 Å². The maximum absolute atomic E-state index is 12.6. The van der Waals surface area contributed by atoms with Gasteiger partial charge in [0.05, 0.1) is 11.5 Å². The van der Waals surface area contributed by atoms with E-state index in [0.717, 1.165) is 18.4 Å². The van der Waals surface area contributed by atoms with E-state index in [9.17, 15) is 18.3 Å². The normalized spacial score (nSPS) is 17.5. The van der Waals surface area contributed by atoms with Gasteiger partial charge in [-0.25, -0.2) is 8.42 Å². The lowest BCUT2D eigenvalue weighted by atomic mass is 9.87. The molecule has 27 heavy (non-hydrogen) atoms. The minimum atomic E-state index is -3.89. The van der Waals surface area contributed by atoms with Gasteiger partial charge in [0.25, 0.3) is 0 Å². The van der Waals surface area contributed by atoms with Gasteiger partial charge in [0.15, 0.2) is 0 Å². The fourth-order valence-corrected chi connectivity index (χ4v) is 4.51. The van der Waals surface area contributed by atoms with Crippen LogP contribution in [0.15, 0.2) is 29.2 Å². The quantitative estimate of drug-likeness (QED) is 0.659. The highest BCUT2D eigenvalue weighted by Crippen LogP contribution is 2.24. The van der Waals surface area contributed by atoms with Crippen LogP contribution >= 0.6 is 0 Å². The maximum Gasteiger partial charge on any atom is 0.241 e. The Morgan fingerprint density at radius 2 is 1.74 bits per heavy atom. The molecular weight excluding hydrogens is 364 g/mol. The van der Waals surface area contributed by atoms with E-state index in [1.165, 1.54) is 31.4 Å². The molecule has 0 aliphatic heterocycles. The number of hydrogen-bond donors (Lipinski definition) is 3. The number of aliphatic hydroxyl groups is 1. The first-order valence-electron chi connectivity index (χ1n) is 9.65. The molecule has 6 nitrogen and oxygen atoms in total. The van der Waals surface area contributed by atoms with Gasteiger partial charge in [-0.1, -0.05) is 52.2 Å². The van der Waals surface area contributed by atoms with Crippen molar-refractivity contribution < 1.29 is 18.3 Å². The zero-order chi connectivity index (χ0) is 20.1. The molecule has 2 rings (SSSR count). The summed E-state index contributed by atoms with van der Waals surface area (Å²) in [5.41, 5.74) is 0.938. The first-order valence-corrected chi connectivity index (χ1v) is 11.1. The average molecular weight is 397 g/mol. The Bertz CT molecular complexity index is 717. The molecule has 152 valence electrons. The number of aliphatic hydroxyl groups excluding tert-OH is 1. The summed E-state index contributed by atoms with van der Waals surface area (Å²) >= 11 is 0. The van der Waals surface area contributed by atoms with E-state index in [4.69, 9.17) is 0 Å². The van der Waals surface area contributed by atoms with Gasteiger partial charge >= 0.3 is 0 Å². The van der Waals surface area contributed by atoms with Gasteiger partial charge in [0.2, 0.25) is 15.9 Å². The van der Waals surface area contributed by atoms with Crippen LogP contribution < -0.4 is 10.0 Å². The number of sulfonamides is 1. The molecule has 0 aromatic heterocycles. The molecule has 0 radical (unpaired) electrons. The molecule has 1 aromatic rings. The molecule has 0 spiro atoms. The second kappa shape index (κ2) is 9.17. The highest BCUT2D eigenvalue weighted by Gasteiger charge is 2.26. The number of rotatable bonds is 7. The summed E-state index contributed by atoms with van der Waals surface area (Å²) in [4.78, 5) is 12.4. The molecule has 0 heterocycles. The molecule has 1 aliphatic carbocycles. The van der Waals surface area contributed by atoms with Crippen molar-refractivity contribution in [3.63, 3.8) is 0 Å². The van der Waals surface area contributed by atoms with Gasteiger partial charge in [0.1, 0.15) is 6.04 Å². The van der Waals surface area contributed by atoms with E-state index in [1.54, 1.807) is 12.1 Å². The summed E-state index contributed by atoms with van der Waals surface area (Å²) in [6.07, 6.45) is 5.73. The van der Waals surface area contributed by atoms with Gasteiger partial charge in [0, 0.05) is 6.54 Å². The van der Waals surface area contributed by atoms with Crippen LogP contribution in [0.1, 0.15) is 58.4 Å². The minimum absolute atomic E-state index is 0.0778. The van der Waals surface area contributed by atoms with Gasteiger partial charge in [-0.3, -0.25) is 4.79 Å². The molecule has 0 saturated heterocycles. The van der Waals surface area contributed by atoms with Crippen LogP contribution in [0.5, 0.6) is 0 Å². The molecule has 1 atom stereocenters. The first-order chi connectivity index (χ1) is 12.6. The summed E-state index contributed by atoms with van der Waals surface area (Å²) in [7, 11) is -3.89. The molecule has 0 unspecified atom stereocenters. The van der Waals surface area contributed by atoms with Gasteiger partial charge in [-0.05, 0) is 41.9 Å². The van der Waals surface area contributed by atoms with Crippen molar-refractivity contribution in [1.29, 1.82) is 0 Å². The van der Waals surface area contributed by atoms with Crippen molar-refractivity contribution in [2.24, 2.45) is 5.92 Å². The van der Waals surface area contributed by atoms with Crippen LogP contribution in [-0.2, 0) is 20.2 Å². The van der Waals surface area contributed by atoms with Gasteiger partial charge in [-0.15, -0.1) is 0 Å². The second-order valence-corrected chi connectivity index (χ2v) is 10.1. The Kier molecular flexibility index (Phi) is 7.42. The van der Waals surface area contributed by atoms with Crippen LogP contribution in [-0.4, -0.2) is 38.6 Å². The molecule has 1 amide bonds. The molecule has 1 saturated carbocycles. The van der Waals surface area contributed by atoms with Crippen molar-refractivity contribution in [2.75, 3.05) is 13.2 Å². The largest absolute Gasteiger partial charge is 0.394 e. The summed E-state index contributed by atoms with van der Waals surface area (Å²) in [6.45, 7) is 6.08. The van der Waals surface area contributed by atoms with Crippen molar-refractivity contribution in [3.8, 4) is 0 Å². The Morgan fingerprint density at radius 1 is 1.15 bits per heavy atom. The van der Waals surface area contributed by atoms with E-state index in [0.29, 0.717) is 12.5 Å². The van der Waals surface area contributed by atoms with Crippen LogP contribution in [0.3, 0.4) is 0 Å². The number of amides is 1. The third kappa shape index (κ3) is 6.30. The van der Waals surface area contributed by atoms with Gasteiger partial charge < -0.3 is 10.4 Å². The lowest BCUT2D eigenvalue weighted by Crippen LogP contribution is -2.49. The number of carbonyl (C=O) groups excluding carboxylic acids is 1. The standard InChI is InChI=1S/C20H32N2O4S/c1-20(2,3)16-9-11-17(12-10-16)27(25,26)22-18(14-23)19(24)21-13-15-7-5-4-6-8-15/h9-12,15,18,22-23H,4-8,13-14H2,1-3H3,(H,21,24)/t18-/m0/s1. The number of hydrogen-bond acceptors (Lipinski definition) is 4. The zero-order valence-electron chi connectivity index (χ0n) is 16.5. The number of nitrogens with one attached hydrogen (secondary N) is 2. The van der Waals surface area contributed by atoms with E-state index in [-0.39, 0.29) is 10.3 Å². The van der Waals surface area contributed by atoms with Crippen LogP contribution in [0.2, 0.25) is 0 Å². The predicted molar refractivity (Wildman–Crippen MR) is 106 cm³/mol. The first kappa shape index (κ1) is 21.9. The lowest BCUT2D eigenvalue weighted by Gasteiger charge is -2.23. The maximum atomic E-state index is 12.6. The molecule has 1 aliphatic rings. The van der Waals surface area contributed by atoms with E-state index in [1.807, 2.05) is 20.8 Å². The SMILES string of the molecule is CC(C)(C)c1ccc(S(=O)(=O)N[C@@H](CO)C(=O)NCC2CCCCC2)cc1. The van der Waals surface area contributed by atoms with E-state index >= 15 is 0 Å². The monoisotopic (exact) mass is 396 g/mol. The Balaban J connectivity index is 1.99. The molecule has 0 bridgehead atoms. The van der Waals surface area contributed by atoms with Crippen molar-refractivity contribution in [2.45, 2.75) is 69.2 Å². The minimum Gasteiger partial charge on any atom is -0.394 e. The fraction of sp³-hybridized carbons (Fsp3) is 0.650. The van der Waals surface area contributed by atoms with E-state index < -0.39 is 28.6 Å². The highest BCUT2D eigenvalue weighted by atomic mass is 32.2. The molecule has 1 aromatic carbocycles. The third-order valence-electron chi connectivity index (χ3n) is 5.12. The molecular formula is C20H32N2O4S. The Hall–Kier alpha value is -1.44. The van der Waals surface area contributed by atoms with Gasteiger partial charge in [-0.2, -0.15) is 4.72 Å². The molecule has 3 N–H and O–H groups in total. The fourth-order valence-electron chi connectivity index (χ4n) is 3.32. The molecule has 7 heteroatoms. The lowest BCUT2D eigenvalue weighted by molar-refractivity contribution is -0.123. The summed E-state index contributed by atoms with van der Waals surface area (Å²) in [5, 5.41) is 12.3. The smallest absolute Gasteiger partial charge is 0.241 e. The Morgan fingerprint density at radius 3 is 2.26 bits per heavy atom. The Labute approximate surface area is 162 Å².